The molecule has 1 aliphatic heterocycles. The van der Waals surface area contributed by atoms with Gasteiger partial charge in [-0.1, -0.05) is 19.1 Å². The van der Waals surface area contributed by atoms with Crippen LogP contribution in [0.4, 0.5) is 0 Å². The Morgan fingerprint density at radius 3 is 3.00 bits per heavy atom. The van der Waals surface area contributed by atoms with E-state index in [1.54, 1.807) is 0 Å². The molecule has 1 aromatic rings. The zero-order chi connectivity index (χ0) is 12.5. The number of rotatable bonds is 5. The van der Waals surface area contributed by atoms with E-state index in [0.29, 0.717) is 5.92 Å². The fraction of sp³-hybridized carbons (Fsp3) is 0.625. The number of fused-ring (bicyclic) bond motifs is 1. The first-order valence-electron chi connectivity index (χ1n) is 7.16. The van der Waals surface area contributed by atoms with Gasteiger partial charge in [0.15, 0.2) is 0 Å². The van der Waals surface area contributed by atoms with Gasteiger partial charge in [0.25, 0.3) is 0 Å². The zero-order valence-electron chi connectivity index (χ0n) is 11.1. The molecule has 2 unspecified atom stereocenters. The van der Waals surface area contributed by atoms with Crippen LogP contribution in [0.1, 0.15) is 37.3 Å². The molecule has 0 spiro atoms. The van der Waals surface area contributed by atoms with E-state index < -0.39 is 0 Å². The van der Waals surface area contributed by atoms with Crippen molar-refractivity contribution >= 4 is 0 Å². The molecule has 0 saturated heterocycles. The van der Waals surface area contributed by atoms with E-state index in [1.165, 1.54) is 24.0 Å². The molecule has 0 aromatic heterocycles. The lowest BCUT2D eigenvalue weighted by molar-refractivity contribution is 0.0968. The van der Waals surface area contributed by atoms with Crippen molar-refractivity contribution in [1.29, 1.82) is 0 Å². The van der Waals surface area contributed by atoms with Crippen molar-refractivity contribution in [3.63, 3.8) is 0 Å². The molecule has 2 heteroatoms. The van der Waals surface area contributed by atoms with E-state index in [1.807, 2.05) is 0 Å². The highest BCUT2D eigenvalue weighted by Crippen LogP contribution is 2.39. The number of hydrogen-bond donors (Lipinski definition) is 1. The second kappa shape index (κ2) is 4.93. The summed E-state index contributed by atoms with van der Waals surface area (Å²) in [5, 5.41) is 10.2. The normalized spacial score (nSPS) is 21.2. The van der Waals surface area contributed by atoms with Gasteiger partial charge in [0, 0.05) is 6.42 Å². The first-order chi connectivity index (χ1) is 8.74. The van der Waals surface area contributed by atoms with Gasteiger partial charge in [-0.3, -0.25) is 0 Å². The van der Waals surface area contributed by atoms with Crippen molar-refractivity contribution in [2.24, 2.45) is 11.8 Å². The summed E-state index contributed by atoms with van der Waals surface area (Å²) in [6, 6.07) is 6.46. The molecule has 2 atom stereocenters. The molecule has 0 amide bonds. The maximum absolute atomic E-state index is 10.2. The van der Waals surface area contributed by atoms with E-state index in [-0.39, 0.29) is 6.10 Å². The number of hydrogen-bond acceptors (Lipinski definition) is 2. The lowest BCUT2D eigenvalue weighted by atomic mass is 9.93. The van der Waals surface area contributed by atoms with E-state index >= 15 is 0 Å². The van der Waals surface area contributed by atoms with Gasteiger partial charge in [0.05, 0.1) is 12.7 Å². The molecule has 2 aliphatic rings. The highest BCUT2D eigenvalue weighted by Gasteiger charge is 2.32. The summed E-state index contributed by atoms with van der Waals surface area (Å²) in [6.07, 6.45) is 5.39. The molecule has 2 nitrogen and oxygen atoms in total. The third-order valence-electron chi connectivity index (χ3n) is 4.46. The molecule has 98 valence electrons. The van der Waals surface area contributed by atoms with Crippen molar-refractivity contribution in [2.75, 3.05) is 6.61 Å². The van der Waals surface area contributed by atoms with Gasteiger partial charge < -0.3 is 9.84 Å². The van der Waals surface area contributed by atoms with Crippen LogP contribution in [0.25, 0.3) is 0 Å². The predicted molar refractivity (Wildman–Crippen MR) is 71.9 cm³/mol. The number of benzene rings is 1. The van der Waals surface area contributed by atoms with Crippen LogP contribution in [0.3, 0.4) is 0 Å². The first-order valence-corrected chi connectivity index (χ1v) is 7.16. The van der Waals surface area contributed by atoms with Gasteiger partial charge in [-0.2, -0.15) is 0 Å². The summed E-state index contributed by atoms with van der Waals surface area (Å²) in [4.78, 5) is 0. The van der Waals surface area contributed by atoms with Crippen LogP contribution in [-0.2, 0) is 12.8 Å². The molecule has 1 aromatic carbocycles. The predicted octanol–water partition coefficient (Wildman–Crippen LogP) is 2.96. The standard InChI is InChI=1S/C16H22O2/c1-11(13-4-5-13)15(17)6-2-12-3-7-16-14(10-12)8-9-18-16/h3,7,10-11,13,15,17H,2,4-6,8-9H2,1H3. The Balaban J connectivity index is 1.56. The average molecular weight is 246 g/mol. The summed E-state index contributed by atoms with van der Waals surface area (Å²) in [5.41, 5.74) is 2.67. The van der Waals surface area contributed by atoms with Gasteiger partial charge in [0.2, 0.25) is 0 Å². The van der Waals surface area contributed by atoms with Gasteiger partial charge in [-0.25, -0.2) is 0 Å². The van der Waals surface area contributed by atoms with Crippen LogP contribution in [0.2, 0.25) is 0 Å². The second-order valence-corrected chi connectivity index (χ2v) is 5.84. The number of aryl methyl sites for hydroxylation is 1. The second-order valence-electron chi connectivity index (χ2n) is 5.84. The Hall–Kier alpha value is -1.02. The Morgan fingerprint density at radius 2 is 2.22 bits per heavy atom. The van der Waals surface area contributed by atoms with E-state index in [2.05, 4.69) is 25.1 Å². The minimum Gasteiger partial charge on any atom is -0.493 e. The Kier molecular flexibility index (Phi) is 3.29. The van der Waals surface area contributed by atoms with Crippen molar-refractivity contribution in [1.82, 2.24) is 0 Å². The fourth-order valence-electron chi connectivity index (χ4n) is 2.91. The van der Waals surface area contributed by atoms with E-state index in [4.69, 9.17) is 4.74 Å². The summed E-state index contributed by atoms with van der Waals surface area (Å²) in [5.74, 6) is 2.31. The lowest BCUT2D eigenvalue weighted by Crippen LogP contribution is -2.20. The zero-order valence-corrected chi connectivity index (χ0v) is 11.1. The summed E-state index contributed by atoms with van der Waals surface area (Å²) in [7, 11) is 0. The number of aliphatic hydroxyl groups is 1. The number of ether oxygens (including phenoxy) is 1. The molecule has 0 bridgehead atoms. The molecule has 1 saturated carbocycles. The van der Waals surface area contributed by atoms with Crippen molar-refractivity contribution in [2.45, 2.75) is 45.1 Å². The highest BCUT2D eigenvalue weighted by atomic mass is 16.5. The molecular weight excluding hydrogens is 224 g/mol. The van der Waals surface area contributed by atoms with Crippen LogP contribution >= 0.6 is 0 Å². The summed E-state index contributed by atoms with van der Waals surface area (Å²) in [6.45, 7) is 3.01. The van der Waals surface area contributed by atoms with Crippen LogP contribution in [0.15, 0.2) is 18.2 Å². The maximum Gasteiger partial charge on any atom is 0.122 e. The van der Waals surface area contributed by atoms with Crippen LogP contribution in [0.5, 0.6) is 5.75 Å². The van der Waals surface area contributed by atoms with Crippen molar-refractivity contribution in [3.8, 4) is 5.75 Å². The Morgan fingerprint density at radius 1 is 1.39 bits per heavy atom. The topological polar surface area (TPSA) is 29.5 Å². The fourth-order valence-corrected chi connectivity index (χ4v) is 2.91. The smallest absolute Gasteiger partial charge is 0.122 e. The molecule has 3 rings (SSSR count). The quantitative estimate of drug-likeness (QED) is 0.865. The minimum atomic E-state index is -0.137. The SMILES string of the molecule is CC(C(O)CCc1ccc2c(c1)CCO2)C1CC1. The minimum absolute atomic E-state index is 0.137. The molecule has 1 heterocycles. The summed E-state index contributed by atoms with van der Waals surface area (Å²) >= 11 is 0. The van der Waals surface area contributed by atoms with Gasteiger partial charge >= 0.3 is 0 Å². The van der Waals surface area contributed by atoms with E-state index in [9.17, 15) is 5.11 Å². The molecular formula is C16H22O2. The average Bonchev–Trinajstić information content (AvgIpc) is 3.13. The molecule has 1 aliphatic carbocycles. The van der Waals surface area contributed by atoms with Gasteiger partial charge in [0.1, 0.15) is 5.75 Å². The Labute approximate surface area is 109 Å². The first kappa shape index (κ1) is 12.0. The van der Waals surface area contributed by atoms with Crippen LogP contribution < -0.4 is 4.74 Å². The monoisotopic (exact) mass is 246 g/mol. The third-order valence-corrected chi connectivity index (χ3v) is 4.46. The van der Waals surface area contributed by atoms with Crippen molar-refractivity contribution in [3.05, 3.63) is 29.3 Å². The third kappa shape index (κ3) is 2.54. The maximum atomic E-state index is 10.2. The van der Waals surface area contributed by atoms with Crippen LogP contribution in [0, 0.1) is 11.8 Å². The molecule has 1 N–H and O–H groups in total. The summed E-state index contributed by atoms with van der Waals surface area (Å²) < 4.78 is 5.51. The van der Waals surface area contributed by atoms with Gasteiger partial charge in [-0.05, 0) is 54.7 Å². The van der Waals surface area contributed by atoms with Crippen molar-refractivity contribution < 1.29 is 9.84 Å². The molecule has 1 fully saturated rings. The van der Waals surface area contributed by atoms with Gasteiger partial charge in [-0.15, -0.1) is 0 Å². The largest absolute Gasteiger partial charge is 0.493 e. The van der Waals surface area contributed by atoms with Crippen LogP contribution in [-0.4, -0.2) is 17.8 Å². The molecule has 18 heavy (non-hydrogen) atoms. The van der Waals surface area contributed by atoms with E-state index in [0.717, 1.165) is 37.5 Å². The number of aliphatic hydroxyl groups excluding tert-OH is 1. The Bertz CT molecular complexity index is 423. The highest BCUT2D eigenvalue weighted by molar-refractivity contribution is 5.39. The molecule has 0 radical (unpaired) electrons. The lowest BCUT2D eigenvalue weighted by Gasteiger charge is -2.18.